The fourth-order valence-corrected chi connectivity index (χ4v) is 3.99. The number of aromatic amines is 1. The van der Waals surface area contributed by atoms with Crippen LogP contribution in [-0.4, -0.2) is 24.7 Å². The molecule has 0 radical (unpaired) electrons. The molecule has 1 fully saturated rings. The van der Waals surface area contributed by atoms with Crippen LogP contribution in [0, 0.1) is 11.8 Å². The minimum atomic E-state index is -3.45. The maximum Gasteiger partial charge on any atom is 0.257 e. The van der Waals surface area contributed by atoms with Crippen LogP contribution in [0.3, 0.4) is 0 Å². The van der Waals surface area contributed by atoms with Gasteiger partial charge < -0.3 is 0 Å². The van der Waals surface area contributed by atoms with E-state index < -0.39 is 10.0 Å². The number of sulfonamides is 1. The van der Waals surface area contributed by atoms with E-state index in [4.69, 9.17) is 0 Å². The number of rotatable bonds is 4. The average molecular weight is 271 g/mol. The van der Waals surface area contributed by atoms with Crippen LogP contribution in [0.25, 0.3) is 0 Å². The van der Waals surface area contributed by atoms with Crippen molar-refractivity contribution in [2.45, 2.75) is 50.6 Å². The molecule has 102 valence electrons. The average Bonchev–Trinajstić information content (AvgIpc) is 2.83. The van der Waals surface area contributed by atoms with Crippen LogP contribution < -0.4 is 4.72 Å². The van der Waals surface area contributed by atoms with Gasteiger partial charge in [-0.15, -0.1) is 0 Å². The topological polar surface area (TPSA) is 74.8 Å². The predicted molar refractivity (Wildman–Crippen MR) is 69.5 cm³/mol. The molecule has 0 aliphatic heterocycles. The monoisotopic (exact) mass is 271 g/mol. The highest BCUT2D eigenvalue weighted by atomic mass is 32.2. The first-order chi connectivity index (χ1) is 8.50. The van der Waals surface area contributed by atoms with Gasteiger partial charge in [0.2, 0.25) is 0 Å². The van der Waals surface area contributed by atoms with Crippen LogP contribution in [-0.2, 0) is 10.0 Å². The van der Waals surface area contributed by atoms with Gasteiger partial charge in [-0.2, -0.15) is 5.10 Å². The molecule has 2 atom stereocenters. The van der Waals surface area contributed by atoms with E-state index >= 15 is 0 Å². The van der Waals surface area contributed by atoms with Gasteiger partial charge in [0.1, 0.15) is 0 Å². The van der Waals surface area contributed by atoms with Crippen molar-refractivity contribution in [3.8, 4) is 0 Å². The molecule has 1 saturated carbocycles. The van der Waals surface area contributed by atoms with Gasteiger partial charge in [-0.25, -0.2) is 13.1 Å². The van der Waals surface area contributed by atoms with Crippen molar-refractivity contribution in [1.29, 1.82) is 0 Å². The molecule has 6 heteroatoms. The molecule has 2 unspecified atom stereocenters. The first kappa shape index (κ1) is 13.5. The molecule has 0 bridgehead atoms. The zero-order valence-corrected chi connectivity index (χ0v) is 11.7. The summed E-state index contributed by atoms with van der Waals surface area (Å²) in [7, 11) is -3.45. The Morgan fingerprint density at radius 3 is 2.72 bits per heavy atom. The van der Waals surface area contributed by atoms with Crippen molar-refractivity contribution < 1.29 is 8.42 Å². The van der Waals surface area contributed by atoms with E-state index in [1.54, 1.807) is 0 Å². The zero-order chi connectivity index (χ0) is 13.2. The van der Waals surface area contributed by atoms with Crippen LogP contribution in [0.5, 0.6) is 0 Å². The van der Waals surface area contributed by atoms with Gasteiger partial charge in [0.05, 0.1) is 6.20 Å². The Morgan fingerprint density at radius 1 is 1.39 bits per heavy atom. The summed E-state index contributed by atoms with van der Waals surface area (Å²) < 4.78 is 27.1. The van der Waals surface area contributed by atoms with Crippen molar-refractivity contribution in [2.75, 3.05) is 0 Å². The normalized spacial score (nSPS) is 25.5. The molecule has 1 heterocycles. The quantitative estimate of drug-likeness (QED) is 0.878. The van der Waals surface area contributed by atoms with Crippen molar-refractivity contribution in [1.82, 2.24) is 14.9 Å². The van der Waals surface area contributed by atoms with Gasteiger partial charge in [0.25, 0.3) is 10.0 Å². The van der Waals surface area contributed by atoms with Crippen LogP contribution >= 0.6 is 0 Å². The highest BCUT2D eigenvalue weighted by molar-refractivity contribution is 7.89. The molecule has 1 aromatic rings. The van der Waals surface area contributed by atoms with Gasteiger partial charge in [-0.1, -0.05) is 26.7 Å². The number of H-pyrrole nitrogens is 1. The molecule has 0 amide bonds. The summed E-state index contributed by atoms with van der Waals surface area (Å²) in [4.78, 5) is 0. The molecule has 0 spiro atoms. The Bertz CT molecular complexity index is 468. The summed E-state index contributed by atoms with van der Waals surface area (Å²) in [6.45, 7) is 4.32. The van der Waals surface area contributed by atoms with E-state index in [0.29, 0.717) is 11.8 Å². The lowest BCUT2D eigenvalue weighted by Crippen LogP contribution is -2.43. The summed E-state index contributed by atoms with van der Waals surface area (Å²) in [6, 6.07) is 1.53. The van der Waals surface area contributed by atoms with E-state index in [1.165, 1.54) is 18.7 Å². The summed E-state index contributed by atoms with van der Waals surface area (Å²) in [6.07, 6.45) is 5.78. The van der Waals surface area contributed by atoms with E-state index in [9.17, 15) is 8.42 Å². The number of nitrogens with zero attached hydrogens (tertiary/aromatic N) is 1. The minimum Gasteiger partial charge on any atom is -0.266 e. The van der Waals surface area contributed by atoms with Crippen LogP contribution in [0.2, 0.25) is 0 Å². The molecule has 0 saturated heterocycles. The first-order valence-corrected chi connectivity index (χ1v) is 8.01. The molecule has 2 rings (SSSR count). The van der Waals surface area contributed by atoms with Crippen LogP contribution in [0.1, 0.15) is 39.5 Å². The first-order valence-electron chi connectivity index (χ1n) is 6.52. The second kappa shape index (κ2) is 5.40. The summed E-state index contributed by atoms with van der Waals surface area (Å²) in [5, 5.41) is 6.35. The second-order valence-corrected chi connectivity index (χ2v) is 7.02. The minimum absolute atomic E-state index is 0.0482. The summed E-state index contributed by atoms with van der Waals surface area (Å²) in [5.74, 6) is 0.927. The molecule has 1 aromatic heterocycles. The molecular formula is C12H21N3O2S. The highest BCUT2D eigenvalue weighted by Crippen LogP contribution is 2.30. The summed E-state index contributed by atoms with van der Waals surface area (Å²) >= 11 is 0. The molecule has 1 aliphatic carbocycles. The SMILES string of the molecule is CC(C)C1CCCCC1NS(=O)(=O)c1ccn[nH]1. The Balaban J connectivity index is 2.12. The standard InChI is InChI=1S/C12H21N3O2S/c1-9(2)10-5-3-4-6-11(10)15-18(16,17)12-7-8-13-14-12/h7-11,15H,3-6H2,1-2H3,(H,13,14). The van der Waals surface area contributed by atoms with Crippen molar-refractivity contribution in [3.63, 3.8) is 0 Å². The van der Waals surface area contributed by atoms with Crippen LogP contribution in [0.15, 0.2) is 17.3 Å². The van der Waals surface area contributed by atoms with E-state index in [-0.39, 0.29) is 11.1 Å². The third-order valence-electron chi connectivity index (χ3n) is 3.75. The molecule has 0 aromatic carbocycles. The third kappa shape index (κ3) is 2.92. The van der Waals surface area contributed by atoms with E-state index in [1.807, 2.05) is 0 Å². The fourth-order valence-electron chi connectivity index (χ4n) is 2.76. The van der Waals surface area contributed by atoms with E-state index in [2.05, 4.69) is 28.8 Å². The fraction of sp³-hybridized carbons (Fsp3) is 0.750. The maximum atomic E-state index is 12.1. The molecule has 1 aliphatic rings. The van der Waals surface area contributed by atoms with Gasteiger partial charge >= 0.3 is 0 Å². The molecule has 2 N–H and O–H groups in total. The predicted octanol–water partition coefficient (Wildman–Crippen LogP) is 1.90. The van der Waals surface area contributed by atoms with Crippen LogP contribution in [0.4, 0.5) is 0 Å². The molecule has 5 nitrogen and oxygen atoms in total. The van der Waals surface area contributed by atoms with Crippen molar-refractivity contribution in [3.05, 3.63) is 12.3 Å². The second-order valence-electron chi connectivity index (χ2n) is 5.34. The Kier molecular flexibility index (Phi) is 4.07. The lowest BCUT2D eigenvalue weighted by Gasteiger charge is -2.34. The smallest absolute Gasteiger partial charge is 0.257 e. The highest BCUT2D eigenvalue weighted by Gasteiger charge is 2.31. The number of aromatic nitrogens is 2. The van der Waals surface area contributed by atoms with Gasteiger partial charge in [0.15, 0.2) is 5.03 Å². The lowest BCUT2D eigenvalue weighted by atomic mass is 9.78. The van der Waals surface area contributed by atoms with Gasteiger partial charge in [-0.3, -0.25) is 5.10 Å². The Labute approximate surface area is 108 Å². The van der Waals surface area contributed by atoms with Crippen molar-refractivity contribution in [2.24, 2.45) is 11.8 Å². The molecule has 18 heavy (non-hydrogen) atoms. The number of hydrogen-bond donors (Lipinski definition) is 2. The third-order valence-corrected chi connectivity index (χ3v) is 5.17. The zero-order valence-electron chi connectivity index (χ0n) is 10.9. The lowest BCUT2D eigenvalue weighted by molar-refractivity contribution is 0.226. The van der Waals surface area contributed by atoms with Crippen molar-refractivity contribution >= 4 is 10.0 Å². The van der Waals surface area contributed by atoms with Gasteiger partial charge in [0, 0.05) is 6.04 Å². The molecular weight excluding hydrogens is 250 g/mol. The largest absolute Gasteiger partial charge is 0.266 e. The van der Waals surface area contributed by atoms with Gasteiger partial charge in [-0.05, 0) is 30.7 Å². The Morgan fingerprint density at radius 2 is 2.11 bits per heavy atom. The maximum absolute atomic E-state index is 12.1. The van der Waals surface area contributed by atoms with E-state index in [0.717, 1.165) is 19.3 Å². The Hall–Kier alpha value is -0.880. The summed E-state index contributed by atoms with van der Waals surface area (Å²) in [5.41, 5.74) is 0. The number of nitrogens with one attached hydrogen (secondary N) is 2. The number of hydrogen-bond acceptors (Lipinski definition) is 3.